The summed E-state index contributed by atoms with van der Waals surface area (Å²) in [6.45, 7) is 0.0259. The van der Waals surface area contributed by atoms with Gasteiger partial charge in [-0.05, 0) is 37.1 Å². The summed E-state index contributed by atoms with van der Waals surface area (Å²) in [7, 11) is -2.16. The standard InChI is InChI=1S/C13H18N2O6S/c1-21-9-2-4-10(5-3-9)22(19,20)11-6-7-15(18)12(8-11)13(16)14-17/h2-5,11-12,17-18H,6-8H2,1H3,(H,14,16)/t11?,12-/m1/s1. The second kappa shape index (κ2) is 6.61. The summed E-state index contributed by atoms with van der Waals surface area (Å²) in [5.41, 5.74) is 1.44. The summed E-state index contributed by atoms with van der Waals surface area (Å²) < 4.78 is 30.2. The number of carbonyl (C=O) groups is 1. The molecule has 0 bridgehead atoms. The third-order valence-corrected chi connectivity index (χ3v) is 6.00. The Bertz CT molecular complexity index is 630. The molecule has 8 nitrogen and oxygen atoms in total. The molecule has 22 heavy (non-hydrogen) atoms. The number of carbonyl (C=O) groups excluding carboxylic acids is 1. The van der Waals surface area contributed by atoms with Gasteiger partial charge in [0.1, 0.15) is 11.8 Å². The predicted octanol–water partition coefficient (Wildman–Crippen LogP) is 0.197. The summed E-state index contributed by atoms with van der Waals surface area (Å²) in [5, 5.41) is 18.2. The highest BCUT2D eigenvalue weighted by Gasteiger charge is 2.39. The fourth-order valence-electron chi connectivity index (χ4n) is 2.48. The zero-order valence-electron chi connectivity index (χ0n) is 12.0. The zero-order chi connectivity index (χ0) is 16.3. The molecule has 9 heteroatoms. The van der Waals surface area contributed by atoms with Crippen LogP contribution in [-0.2, 0) is 14.6 Å². The van der Waals surface area contributed by atoms with Gasteiger partial charge in [0.25, 0.3) is 5.91 Å². The number of ether oxygens (including phenoxy) is 1. The number of hydrogen-bond acceptors (Lipinski definition) is 7. The van der Waals surface area contributed by atoms with Crippen LogP contribution in [0.25, 0.3) is 0 Å². The molecule has 0 aliphatic carbocycles. The first kappa shape index (κ1) is 16.7. The van der Waals surface area contributed by atoms with E-state index in [-0.39, 0.29) is 24.3 Å². The second-order valence-electron chi connectivity index (χ2n) is 5.02. The minimum absolute atomic E-state index is 0.0259. The van der Waals surface area contributed by atoms with Crippen molar-refractivity contribution in [1.29, 1.82) is 0 Å². The van der Waals surface area contributed by atoms with Gasteiger partial charge in [0.15, 0.2) is 9.84 Å². The number of nitrogens with zero attached hydrogens (tertiary/aromatic N) is 1. The van der Waals surface area contributed by atoms with E-state index in [1.807, 2.05) is 0 Å². The number of hydroxylamine groups is 3. The fraction of sp³-hybridized carbons (Fsp3) is 0.462. The Morgan fingerprint density at radius 3 is 2.55 bits per heavy atom. The molecule has 122 valence electrons. The lowest BCUT2D eigenvalue weighted by Crippen LogP contribution is -2.51. The minimum Gasteiger partial charge on any atom is -0.497 e. The van der Waals surface area contributed by atoms with Gasteiger partial charge in [-0.25, -0.2) is 13.9 Å². The van der Waals surface area contributed by atoms with Gasteiger partial charge in [-0.2, -0.15) is 5.06 Å². The Kier molecular flexibility index (Phi) is 5.01. The summed E-state index contributed by atoms with van der Waals surface area (Å²) in [6, 6.07) is 4.89. The number of nitrogens with one attached hydrogen (secondary N) is 1. The molecular formula is C13H18N2O6S. The van der Waals surface area contributed by atoms with Crippen molar-refractivity contribution in [2.24, 2.45) is 0 Å². The summed E-state index contributed by atoms with van der Waals surface area (Å²) in [4.78, 5) is 11.6. The topological polar surface area (TPSA) is 116 Å². The van der Waals surface area contributed by atoms with Crippen molar-refractivity contribution in [2.75, 3.05) is 13.7 Å². The van der Waals surface area contributed by atoms with Crippen LogP contribution in [0.3, 0.4) is 0 Å². The van der Waals surface area contributed by atoms with E-state index in [1.165, 1.54) is 24.7 Å². The molecule has 1 aromatic carbocycles. The van der Waals surface area contributed by atoms with Crippen LogP contribution < -0.4 is 10.2 Å². The zero-order valence-corrected chi connectivity index (χ0v) is 12.8. The SMILES string of the molecule is COc1ccc(S(=O)(=O)C2CCN(O)[C@@H](C(=O)NO)C2)cc1. The van der Waals surface area contributed by atoms with E-state index in [2.05, 4.69) is 0 Å². The third kappa shape index (κ3) is 3.22. The third-order valence-electron chi connectivity index (χ3n) is 3.77. The van der Waals surface area contributed by atoms with Gasteiger partial charge < -0.3 is 9.94 Å². The molecule has 0 aromatic heterocycles. The summed E-state index contributed by atoms with van der Waals surface area (Å²) in [6.07, 6.45) is 0.0946. The van der Waals surface area contributed by atoms with Crippen LogP contribution in [-0.4, -0.2) is 54.7 Å². The highest BCUT2D eigenvalue weighted by atomic mass is 32.2. The monoisotopic (exact) mass is 330 g/mol. The van der Waals surface area contributed by atoms with Crippen LogP contribution in [0.5, 0.6) is 5.75 Å². The number of benzene rings is 1. The maximum absolute atomic E-state index is 12.6. The number of sulfone groups is 1. The summed E-state index contributed by atoms with van der Waals surface area (Å²) in [5.74, 6) is -0.293. The molecule has 2 atom stereocenters. The van der Waals surface area contributed by atoms with Crippen LogP contribution in [0.4, 0.5) is 0 Å². The Balaban J connectivity index is 2.23. The number of piperidine rings is 1. The van der Waals surface area contributed by atoms with Crippen molar-refractivity contribution in [3.63, 3.8) is 0 Å². The normalized spacial score (nSPS) is 23.0. The van der Waals surface area contributed by atoms with Crippen molar-refractivity contribution < 1.29 is 28.4 Å². The molecule has 1 aromatic rings. The second-order valence-corrected chi connectivity index (χ2v) is 7.25. The molecule has 2 rings (SSSR count). The lowest BCUT2D eigenvalue weighted by molar-refractivity contribution is -0.168. The van der Waals surface area contributed by atoms with E-state index >= 15 is 0 Å². The van der Waals surface area contributed by atoms with Gasteiger partial charge in [-0.15, -0.1) is 0 Å². The quantitative estimate of drug-likeness (QED) is 0.533. The van der Waals surface area contributed by atoms with Gasteiger partial charge in [0.2, 0.25) is 0 Å². The first-order valence-corrected chi connectivity index (χ1v) is 8.22. The highest BCUT2D eigenvalue weighted by Crippen LogP contribution is 2.28. The number of amides is 1. The molecular weight excluding hydrogens is 312 g/mol. The molecule has 1 amide bonds. The van der Waals surface area contributed by atoms with Gasteiger partial charge in [0, 0.05) is 6.54 Å². The maximum Gasteiger partial charge on any atom is 0.263 e. The number of methoxy groups -OCH3 is 1. The highest BCUT2D eigenvalue weighted by molar-refractivity contribution is 7.92. The van der Waals surface area contributed by atoms with E-state index in [9.17, 15) is 18.4 Å². The smallest absolute Gasteiger partial charge is 0.263 e. The van der Waals surface area contributed by atoms with Gasteiger partial charge >= 0.3 is 0 Å². The van der Waals surface area contributed by atoms with Crippen molar-refractivity contribution in [2.45, 2.75) is 29.0 Å². The van der Waals surface area contributed by atoms with E-state index in [0.717, 1.165) is 5.06 Å². The van der Waals surface area contributed by atoms with Crippen LogP contribution in [0.2, 0.25) is 0 Å². The Labute approximate surface area is 128 Å². The van der Waals surface area contributed by atoms with Crippen molar-refractivity contribution >= 4 is 15.7 Å². The molecule has 1 heterocycles. The summed E-state index contributed by atoms with van der Waals surface area (Å²) >= 11 is 0. The van der Waals surface area contributed by atoms with E-state index in [0.29, 0.717) is 5.75 Å². The molecule has 1 saturated heterocycles. The molecule has 0 spiro atoms. The van der Waals surface area contributed by atoms with E-state index in [4.69, 9.17) is 9.94 Å². The van der Waals surface area contributed by atoms with Gasteiger partial charge in [0.05, 0.1) is 17.3 Å². The van der Waals surface area contributed by atoms with Gasteiger partial charge in [-0.1, -0.05) is 0 Å². The van der Waals surface area contributed by atoms with Gasteiger partial charge in [-0.3, -0.25) is 10.0 Å². The molecule has 0 radical (unpaired) electrons. The molecule has 1 aliphatic rings. The van der Waals surface area contributed by atoms with Crippen LogP contribution in [0, 0.1) is 0 Å². The molecule has 1 unspecified atom stereocenters. The number of rotatable bonds is 4. The van der Waals surface area contributed by atoms with Crippen molar-refractivity contribution in [1.82, 2.24) is 10.5 Å². The Morgan fingerprint density at radius 2 is 2.00 bits per heavy atom. The lowest BCUT2D eigenvalue weighted by Gasteiger charge is -2.33. The van der Waals surface area contributed by atoms with Crippen molar-refractivity contribution in [3.05, 3.63) is 24.3 Å². The first-order chi connectivity index (χ1) is 10.4. The van der Waals surface area contributed by atoms with E-state index < -0.39 is 27.0 Å². The average molecular weight is 330 g/mol. The minimum atomic E-state index is -3.64. The Morgan fingerprint density at radius 1 is 1.36 bits per heavy atom. The lowest BCUT2D eigenvalue weighted by atomic mass is 10.0. The largest absolute Gasteiger partial charge is 0.497 e. The first-order valence-electron chi connectivity index (χ1n) is 6.67. The van der Waals surface area contributed by atoms with Crippen LogP contribution in [0.1, 0.15) is 12.8 Å². The van der Waals surface area contributed by atoms with Crippen LogP contribution in [0.15, 0.2) is 29.2 Å². The molecule has 1 fully saturated rings. The Hall–Kier alpha value is -1.68. The van der Waals surface area contributed by atoms with E-state index in [1.54, 1.807) is 12.1 Å². The average Bonchev–Trinajstić information content (AvgIpc) is 2.54. The maximum atomic E-state index is 12.6. The number of hydrogen-bond donors (Lipinski definition) is 3. The fourth-order valence-corrected chi connectivity index (χ4v) is 4.23. The molecule has 1 aliphatic heterocycles. The van der Waals surface area contributed by atoms with Crippen molar-refractivity contribution in [3.8, 4) is 5.75 Å². The predicted molar refractivity (Wildman–Crippen MR) is 75.4 cm³/mol. The molecule has 3 N–H and O–H groups in total. The van der Waals surface area contributed by atoms with Crippen LogP contribution >= 0.6 is 0 Å². The molecule has 0 saturated carbocycles.